The van der Waals surface area contributed by atoms with Gasteiger partial charge in [0.25, 0.3) is 5.91 Å². The monoisotopic (exact) mass is 325 g/mol. The molecule has 0 aliphatic carbocycles. The number of aromatic nitrogens is 3. The second-order valence-corrected chi connectivity index (χ2v) is 4.99. The Morgan fingerprint density at radius 1 is 0.913 bits per heavy atom. The maximum Gasteiger partial charge on any atom is 0.278 e. The van der Waals surface area contributed by atoms with E-state index in [0.29, 0.717) is 22.3 Å². The zero-order valence-corrected chi connectivity index (χ0v) is 12.7. The molecule has 3 rings (SSSR count). The van der Waals surface area contributed by atoms with Crippen LogP contribution in [-0.4, -0.2) is 20.9 Å². The summed E-state index contributed by atoms with van der Waals surface area (Å²) >= 11 is 5.83. The molecule has 0 saturated carbocycles. The van der Waals surface area contributed by atoms with Crippen molar-refractivity contribution in [2.24, 2.45) is 0 Å². The fourth-order valence-electron chi connectivity index (χ4n) is 1.88. The Kier molecular flexibility index (Phi) is 4.44. The molecule has 2 N–H and O–H groups in total. The van der Waals surface area contributed by atoms with Crippen LogP contribution in [-0.2, 0) is 0 Å². The molecule has 1 aromatic carbocycles. The van der Waals surface area contributed by atoms with Crippen molar-refractivity contribution in [1.82, 2.24) is 15.0 Å². The highest BCUT2D eigenvalue weighted by Crippen LogP contribution is 2.18. The van der Waals surface area contributed by atoms with E-state index in [1.807, 2.05) is 6.07 Å². The first-order valence-corrected chi connectivity index (χ1v) is 7.16. The number of pyridine rings is 1. The van der Waals surface area contributed by atoms with Crippen LogP contribution in [0.2, 0.25) is 5.02 Å². The van der Waals surface area contributed by atoms with Crippen LogP contribution in [0.5, 0.6) is 0 Å². The predicted octanol–water partition coefficient (Wildman–Crippen LogP) is 3.52. The van der Waals surface area contributed by atoms with Gasteiger partial charge in [-0.25, -0.2) is 15.0 Å². The molecule has 7 heteroatoms. The minimum atomic E-state index is -0.376. The van der Waals surface area contributed by atoms with Crippen LogP contribution in [0.25, 0.3) is 0 Å². The molecule has 0 atom stereocenters. The summed E-state index contributed by atoms with van der Waals surface area (Å²) in [6, 6.07) is 12.2. The highest BCUT2D eigenvalue weighted by atomic mass is 35.5. The molecule has 0 bridgehead atoms. The van der Waals surface area contributed by atoms with E-state index in [0.717, 1.165) is 0 Å². The van der Waals surface area contributed by atoms with Gasteiger partial charge in [0.2, 0.25) is 0 Å². The van der Waals surface area contributed by atoms with Crippen molar-refractivity contribution < 1.29 is 4.79 Å². The molecule has 0 radical (unpaired) electrons. The lowest BCUT2D eigenvalue weighted by molar-refractivity contribution is 0.102. The number of halogens is 1. The molecule has 3 aromatic rings. The number of hydrogen-bond donors (Lipinski definition) is 2. The number of anilines is 3. The van der Waals surface area contributed by atoms with Gasteiger partial charge in [-0.15, -0.1) is 0 Å². The van der Waals surface area contributed by atoms with E-state index in [2.05, 4.69) is 25.6 Å². The van der Waals surface area contributed by atoms with Gasteiger partial charge in [0.05, 0.1) is 0 Å². The van der Waals surface area contributed by atoms with E-state index < -0.39 is 0 Å². The third-order valence-corrected chi connectivity index (χ3v) is 3.18. The van der Waals surface area contributed by atoms with Crippen LogP contribution in [0.3, 0.4) is 0 Å². The zero-order valence-electron chi connectivity index (χ0n) is 11.9. The van der Waals surface area contributed by atoms with E-state index in [1.165, 1.54) is 12.4 Å². The molecule has 6 nitrogen and oxygen atoms in total. The standard InChI is InChI=1S/C16H12ClN5O/c17-11-4-6-12(7-5-11)21-16(23)14-15(20-10-9-19-14)22-13-3-1-2-8-18-13/h1-10H,(H,21,23)(H,18,20,22). The summed E-state index contributed by atoms with van der Waals surface area (Å²) in [5.41, 5.74) is 0.793. The summed E-state index contributed by atoms with van der Waals surface area (Å²) in [4.78, 5) is 24.8. The first kappa shape index (κ1) is 14.9. The van der Waals surface area contributed by atoms with Gasteiger partial charge < -0.3 is 10.6 Å². The van der Waals surface area contributed by atoms with Crippen molar-refractivity contribution in [1.29, 1.82) is 0 Å². The topological polar surface area (TPSA) is 79.8 Å². The SMILES string of the molecule is O=C(Nc1ccc(Cl)cc1)c1nccnc1Nc1ccccn1. The van der Waals surface area contributed by atoms with Gasteiger partial charge in [0, 0.05) is 29.3 Å². The smallest absolute Gasteiger partial charge is 0.278 e. The Bertz CT molecular complexity index is 808. The van der Waals surface area contributed by atoms with Gasteiger partial charge in [0.1, 0.15) is 5.82 Å². The van der Waals surface area contributed by atoms with Gasteiger partial charge in [0.15, 0.2) is 11.5 Å². The minimum absolute atomic E-state index is 0.174. The molecule has 0 saturated heterocycles. The second-order valence-electron chi connectivity index (χ2n) is 4.55. The van der Waals surface area contributed by atoms with Crippen LogP contribution in [0.15, 0.2) is 61.1 Å². The summed E-state index contributed by atoms with van der Waals surface area (Å²) in [7, 11) is 0. The molecular formula is C16H12ClN5O. The Balaban J connectivity index is 1.82. The first-order chi connectivity index (χ1) is 11.2. The average molecular weight is 326 g/mol. The Morgan fingerprint density at radius 2 is 1.70 bits per heavy atom. The maximum atomic E-state index is 12.4. The number of nitrogens with one attached hydrogen (secondary N) is 2. The number of rotatable bonds is 4. The van der Waals surface area contributed by atoms with Gasteiger partial charge in [-0.05, 0) is 36.4 Å². The highest BCUT2D eigenvalue weighted by molar-refractivity contribution is 6.30. The molecule has 0 aliphatic heterocycles. The summed E-state index contributed by atoms with van der Waals surface area (Å²) < 4.78 is 0. The van der Waals surface area contributed by atoms with E-state index in [4.69, 9.17) is 11.6 Å². The number of carbonyl (C=O) groups excluding carboxylic acids is 1. The van der Waals surface area contributed by atoms with E-state index in [-0.39, 0.29) is 11.6 Å². The zero-order chi connectivity index (χ0) is 16.1. The van der Waals surface area contributed by atoms with Crippen LogP contribution in [0, 0.1) is 0 Å². The molecule has 2 aromatic heterocycles. The summed E-state index contributed by atoms with van der Waals surface area (Å²) in [6.07, 6.45) is 4.61. The maximum absolute atomic E-state index is 12.4. The van der Waals surface area contributed by atoms with E-state index in [9.17, 15) is 4.79 Å². The minimum Gasteiger partial charge on any atom is -0.323 e. The van der Waals surface area contributed by atoms with Crippen molar-refractivity contribution in [2.45, 2.75) is 0 Å². The third kappa shape index (κ3) is 3.81. The normalized spacial score (nSPS) is 10.1. The highest BCUT2D eigenvalue weighted by Gasteiger charge is 2.15. The molecule has 114 valence electrons. The molecule has 0 fully saturated rings. The predicted molar refractivity (Wildman–Crippen MR) is 89.0 cm³/mol. The van der Waals surface area contributed by atoms with Crippen LogP contribution >= 0.6 is 11.6 Å². The largest absolute Gasteiger partial charge is 0.323 e. The number of carbonyl (C=O) groups is 1. The van der Waals surface area contributed by atoms with Crippen molar-refractivity contribution >= 4 is 34.8 Å². The molecule has 0 spiro atoms. The number of amides is 1. The Labute approximate surface area is 137 Å². The number of nitrogens with zero attached hydrogens (tertiary/aromatic N) is 3. The fourth-order valence-corrected chi connectivity index (χ4v) is 2.00. The van der Waals surface area contributed by atoms with Crippen molar-refractivity contribution in [2.75, 3.05) is 10.6 Å². The Hall–Kier alpha value is -2.99. The van der Waals surface area contributed by atoms with Crippen molar-refractivity contribution in [3.8, 4) is 0 Å². The molecule has 23 heavy (non-hydrogen) atoms. The molecule has 1 amide bonds. The van der Waals surface area contributed by atoms with Gasteiger partial charge in [-0.1, -0.05) is 17.7 Å². The first-order valence-electron chi connectivity index (χ1n) is 6.78. The lowest BCUT2D eigenvalue weighted by Gasteiger charge is -2.09. The third-order valence-electron chi connectivity index (χ3n) is 2.93. The lowest BCUT2D eigenvalue weighted by Crippen LogP contribution is -2.16. The molecular weight excluding hydrogens is 314 g/mol. The molecule has 0 aliphatic rings. The summed E-state index contributed by atoms with van der Waals surface area (Å²) in [6.45, 7) is 0. The lowest BCUT2D eigenvalue weighted by atomic mass is 10.3. The number of benzene rings is 1. The van der Waals surface area contributed by atoms with E-state index >= 15 is 0 Å². The van der Waals surface area contributed by atoms with Gasteiger partial charge in [-0.2, -0.15) is 0 Å². The van der Waals surface area contributed by atoms with Crippen LogP contribution in [0.1, 0.15) is 10.5 Å². The van der Waals surface area contributed by atoms with Gasteiger partial charge >= 0.3 is 0 Å². The van der Waals surface area contributed by atoms with Crippen LogP contribution < -0.4 is 10.6 Å². The fraction of sp³-hybridized carbons (Fsp3) is 0. The summed E-state index contributed by atoms with van der Waals surface area (Å²) in [5, 5.41) is 6.33. The number of hydrogen-bond acceptors (Lipinski definition) is 5. The Morgan fingerprint density at radius 3 is 2.43 bits per heavy atom. The quantitative estimate of drug-likeness (QED) is 0.767. The van der Waals surface area contributed by atoms with E-state index in [1.54, 1.807) is 42.6 Å². The van der Waals surface area contributed by atoms with Gasteiger partial charge in [-0.3, -0.25) is 4.79 Å². The second kappa shape index (κ2) is 6.85. The summed E-state index contributed by atoms with van der Waals surface area (Å²) in [5.74, 6) is 0.532. The van der Waals surface area contributed by atoms with Crippen molar-refractivity contribution in [3.63, 3.8) is 0 Å². The molecule has 0 unspecified atom stereocenters. The van der Waals surface area contributed by atoms with Crippen LogP contribution in [0.4, 0.5) is 17.3 Å². The van der Waals surface area contributed by atoms with Crippen molar-refractivity contribution in [3.05, 3.63) is 71.8 Å². The molecule has 2 heterocycles. The average Bonchev–Trinajstić information content (AvgIpc) is 2.58.